The lowest BCUT2D eigenvalue weighted by Crippen LogP contribution is -2.26. The van der Waals surface area contributed by atoms with Gasteiger partial charge in [0.1, 0.15) is 0 Å². The quantitative estimate of drug-likeness (QED) is 0.846. The first-order valence-corrected chi connectivity index (χ1v) is 9.76. The van der Waals surface area contributed by atoms with Crippen LogP contribution in [0.1, 0.15) is 15.3 Å². The molecule has 110 valence electrons. The summed E-state index contributed by atoms with van der Waals surface area (Å²) in [6.45, 7) is 2.53. The van der Waals surface area contributed by atoms with E-state index in [-0.39, 0.29) is 0 Å². The third-order valence-corrected chi connectivity index (χ3v) is 7.52. The molecule has 0 aromatic carbocycles. The van der Waals surface area contributed by atoms with E-state index < -0.39 is 10.0 Å². The monoisotopic (exact) mass is 394 g/mol. The fraction of sp³-hybridized carbons (Fsp3) is 0.333. The summed E-state index contributed by atoms with van der Waals surface area (Å²) in [7, 11) is -1.87. The van der Waals surface area contributed by atoms with E-state index in [0.29, 0.717) is 18.0 Å². The first kappa shape index (κ1) is 16.1. The smallest absolute Gasteiger partial charge is 0.244 e. The summed E-state index contributed by atoms with van der Waals surface area (Å²) in [6, 6.07) is 3.61. The van der Waals surface area contributed by atoms with Gasteiger partial charge in [0.2, 0.25) is 10.0 Å². The zero-order chi connectivity index (χ0) is 14.9. The van der Waals surface area contributed by atoms with Crippen molar-refractivity contribution in [1.82, 2.24) is 4.31 Å². The predicted molar refractivity (Wildman–Crippen MR) is 87.6 cm³/mol. The average molecular weight is 395 g/mol. The number of nitrogens with two attached hydrogens (primary N) is 1. The first-order chi connectivity index (χ1) is 9.34. The molecule has 0 saturated heterocycles. The van der Waals surface area contributed by atoms with Gasteiger partial charge in [-0.1, -0.05) is 0 Å². The Bertz CT molecular complexity index is 706. The van der Waals surface area contributed by atoms with E-state index in [4.69, 9.17) is 5.73 Å². The molecule has 0 spiro atoms. The molecule has 2 aromatic heterocycles. The lowest BCUT2D eigenvalue weighted by atomic mass is 10.3. The van der Waals surface area contributed by atoms with Crippen LogP contribution in [0.2, 0.25) is 0 Å². The highest BCUT2D eigenvalue weighted by molar-refractivity contribution is 9.11. The van der Waals surface area contributed by atoms with Crippen molar-refractivity contribution in [2.45, 2.75) is 24.9 Å². The van der Waals surface area contributed by atoms with Crippen LogP contribution in [0.4, 0.5) is 0 Å². The SMILES string of the molecule is Cc1sc(CN)cc1S(=O)(=O)N(C)Cc1csc(Br)c1. The third-order valence-electron chi connectivity index (χ3n) is 2.84. The summed E-state index contributed by atoms with van der Waals surface area (Å²) in [4.78, 5) is 2.02. The van der Waals surface area contributed by atoms with Crippen molar-refractivity contribution in [3.05, 3.63) is 36.6 Å². The Morgan fingerprint density at radius 1 is 1.40 bits per heavy atom. The van der Waals surface area contributed by atoms with E-state index in [9.17, 15) is 8.42 Å². The van der Waals surface area contributed by atoms with Crippen LogP contribution in [0.5, 0.6) is 0 Å². The van der Waals surface area contributed by atoms with Gasteiger partial charge in [-0.2, -0.15) is 4.31 Å². The lowest BCUT2D eigenvalue weighted by molar-refractivity contribution is 0.467. The maximum Gasteiger partial charge on any atom is 0.244 e. The Morgan fingerprint density at radius 3 is 2.60 bits per heavy atom. The van der Waals surface area contributed by atoms with Gasteiger partial charge >= 0.3 is 0 Å². The number of hydrogen-bond donors (Lipinski definition) is 1. The van der Waals surface area contributed by atoms with Gasteiger partial charge in [-0.3, -0.25) is 0 Å². The minimum atomic E-state index is -3.47. The van der Waals surface area contributed by atoms with Crippen molar-refractivity contribution < 1.29 is 8.42 Å². The largest absolute Gasteiger partial charge is 0.326 e. The summed E-state index contributed by atoms with van der Waals surface area (Å²) in [6.07, 6.45) is 0. The van der Waals surface area contributed by atoms with Gasteiger partial charge in [0.25, 0.3) is 0 Å². The van der Waals surface area contributed by atoms with Crippen LogP contribution in [0.25, 0.3) is 0 Å². The van der Waals surface area contributed by atoms with Crippen LogP contribution in [0, 0.1) is 6.92 Å². The zero-order valence-electron chi connectivity index (χ0n) is 11.1. The Hall–Kier alpha value is -0.250. The molecular weight excluding hydrogens is 380 g/mol. The van der Waals surface area contributed by atoms with E-state index >= 15 is 0 Å². The van der Waals surface area contributed by atoms with E-state index in [1.54, 1.807) is 24.5 Å². The van der Waals surface area contributed by atoms with Crippen LogP contribution in [0.3, 0.4) is 0 Å². The minimum Gasteiger partial charge on any atom is -0.326 e. The lowest BCUT2D eigenvalue weighted by Gasteiger charge is -2.16. The van der Waals surface area contributed by atoms with Crippen molar-refractivity contribution in [1.29, 1.82) is 0 Å². The Labute approximate surface area is 135 Å². The van der Waals surface area contributed by atoms with Crippen molar-refractivity contribution >= 4 is 48.6 Å². The molecule has 20 heavy (non-hydrogen) atoms. The van der Waals surface area contributed by atoms with Gasteiger partial charge in [0.15, 0.2) is 0 Å². The highest BCUT2D eigenvalue weighted by Crippen LogP contribution is 2.29. The van der Waals surface area contributed by atoms with Crippen LogP contribution in [-0.2, 0) is 23.1 Å². The van der Waals surface area contributed by atoms with Gasteiger partial charge in [-0.05, 0) is 45.9 Å². The predicted octanol–water partition coefficient (Wildman–Crippen LogP) is 3.16. The van der Waals surface area contributed by atoms with Gasteiger partial charge < -0.3 is 5.73 Å². The number of halogens is 1. The summed E-state index contributed by atoms with van der Waals surface area (Å²) < 4.78 is 27.5. The maximum absolute atomic E-state index is 12.6. The molecule has 0 aliphatic carbocycles. The molecule has 0 amide bonds. The average Bonchev–Trinajstić information content (AvgIpc) is 2.95. The van der Waals surface area contributed by atoms with E-state index in [2.05, 4.69) is 15.9 Å². The summed E-state index contributed by atoms with van der Waals surface area (Å²) in [5, 5.41) is 1.95. The number of aryl methyl sites for hydroxylation is 1. The second kappa shape index (κ2) is 6.25. The zero-order valence-corrected chi connectivity index (χ0v) is 15.1. The summed E-state index contributed by atoms with van der Waals surface area (Å²) >= 11 is 6.36. The fourth-order valence-corrected chi connectivity index (χ4v) is 5.66. The molecule has 2 heterocycles. The molecule has 0 aliphatic heterocycles. The highest BCUT2D eigenvalue weighted by Gasteiger charge is 2.25. The van der Waals surface area contributed by atoms with Crippen molar-refractivity contribution in [3.8, 4) is 0 Å². The maximum atomic E-state index is 12.6. The normalized spacial score (nSPS) is 12.2. The number of sulfonamides is 1. The van der Waals surface area contributed by atoms with Crippen LogP contribution in [-0.4, -0.2) is 19.8 Å². The highest BCUT2D eigenvalue weighted by atomic mass is 79.9. The van der Waals surface area contributed by atoms with E-state index in [0.717, 1.165) is 19.1 Å². The molecular formula is C12H15BrN2O2S3. The fourth-order valence-electron chi connectivity index (χ4n) is 1.82. The molecule has 0 bridgehead atoms. The van der Waals surface area contributed by atoms with Crippen molar-refractivity contribution in [2.75, 3.05) is 7.05 Å². The van der Waals surface area contributed by atoms with Gasteiger partial charge in [-0.15, -0.1) is 22.7 Å². The van der Waals surface area contributed by atoms with Gasteiger partial charge in [0.05, 0.1) is 8.68 Å². The van der Waals surface area contributed by atoms with Gasteiger partial charge in [-0.25, -0.2) is 8.42 Å². The Balaban J connectivity index is 2.26. The number of hydrogen-bond acceptors (Lipinski definition) is 5. The molecule has 0 atom stereocenters. The van der Waals surface area contributed by atoms with E-state index in [1.165, 1.54) is 15.6 Å². The molecule has 0 aliphatic rings. The molecule has 2 rings (SSSR count). The third kappa shape index (κ3) is 3.32. The number of thiophene rings is 2. The molecule has 0 saturated carbocycles. The molecule has 0 radical (unpaired) electrons. The number of nitrogens with zero attached hydrogens (tertiary/aromatic N) is 1. The van der Waals surface area contributed by atoms with Crippen molar-refractivity contribution in [3.63, 3.8) is 0 Å². The summed E-state index contributed by atoms with van der Waals surface area (Å²) in [5.41, 5.74) is 6.55. The van der Waals surface area contributed by atoms with Crippen LogP contribution < -0.4 is 5.73 Å². The topological polar surface area (TPSA) is 63.4 Å². The second-order valence-electron chi connectivity index (χ2n) is 4.36. The molecule has 0 fully saturated rings. The molecule has 4 nitrogen and oxygen atoms in total. The molecule has 2 aromatic rings. The second-order valence-corrected chi connectivity index (χ2v) is 10.0. The minimum absolute atomic E-state index is 0.359. The Kier molecular flexibility index (Phi) is 5.04. The van der Waals surface area contributed by atoms with Crippen LogP contribution >= 0.6 is 38.6 Å². The van der Waals surface area contributed by atoms with E-state index in [1.807, 2.05) is 18.4 Å². The van der Waals surface area contributed by atoms with Crippen LogP contribution in [0.15, 0.2) is 26.2 Å². The molecule has 0 unspecified atom stereocenters. The number of rotatable bonds is 5. The molecule has 2 N–H and O–H groups in total. The van der Waals surface area contributed by atoms with Crippen molar-refractivity contribution in [2.24, 2.45) is 5.73 Å². The van der Waals surface area contributed by atoms with Gasteiger partial charge in [0, 0.05) is 29.9 Å². The standard InChI is InChI=1S/C12H15BrN2O2S3/c1-8-11(4-10(5-14)19-8)20(16,17)15(2)6-9-3-12(13)18-7-9/h3-4,7H,5-6,14H2,1-2H3. The summed E-state index contributed by atoms with van der Waals surface area (Å²) in [5.74, 6) is 0. The molecule has 8 heteroatoms. The first-order valence-electron chi connectivity index (χ1n) is 5.83. The Morgan fingerprint density at radius 2 is 2.10 bits per heavy atom.